The Labute approximate surface area is 135 Å². The van der Waals surface area contributed by atoms with Gasteiger partial charge in [0.2, 0.25) is 5.91 Å². The number of carbonyl (C=O) groups is 3. The summed E-state index contributed by atoms with van der Waals surface area (Å²) < 4.78 is 5.82. The molecule has 1 aliphatic heterocycles. The van der Waals surface area contributed by atoms with E-state index >= 15 is 0 Å². The number of ether oxygens (including phenoxy) is 1. The van der Waals surface area contributed by atoms with E-state index in [1.165, 1.54) is 12.2 Å². The summed E-state index contributed by atoms with van der Waals surface area (Å²) in [4.78, 5) is 36.8. The maximum Gasteiger partial charge on any atom is 0.311 e. The number of rotatable bonds is 2. The molecule has 0 saturated heterocycles. The Kier molecular flexibility index (Phi) is 3.64. The van der Waals surface area contributed by atoms with E-state index < -0.39 is 17.3 Å². The van der Waals surface area contributed by atoms with Crippen molar-refractivity contribution in [2.45, 2.75) is 18.8 Å². The molecule has 1 aliphatic carbocycles. The Bertz CT molecular complexity index is 712. The Balaban J connectivity index is 2.22. The molecule has 2 atom stereocenters. The molecule has 0 fully saturated rings. The normalized spacial score (nSPS) is 26.0. The fourth-order valence-corrected chi connectivity index (χ4v) is 3.86. The van der Waals surface area contributed by atoms with Gasteiger partial charge in [0.25, 0.3) is 0 Å². The standard InChI is InChI=1S/C16H14BrNO4/c1-2-22-14(20)10-8-9(19)6-7-16(10)13-11(17)4-3-5-12(13)18-15(16)21/h3-7,10H,2,8H2,1H3,(H,18,21)/t10?,16-/m0/s1. The van der Waals surface area contributed by atoms with Crippen LogP contribution < -0.4 is 5.32 Å². The van der Waals surface area contributed by atoms with E-state index in [-0.39, 0.29) is 24.7 Å². The van der Waals surface area contributed by atoms with Crippen molar-refractivity contribution in [3.05, 3.63) is 40.4 Å². The van der Waals surface area contributed by atoms with Crippen LogP contribution in [0.1, 0.15) is 18.9 Å². The molecule has 1 amide bonds. The number of fused-ring (bicyclic) bond motifs is 2. The summed E-state index contributed by atoms with van der Waals surface area (Å²) in [5, 5.41) is 2.80. The molecule has 0 aromatic heterocycles. The fourth-order valence-electron chi connectivity index (χ4n) is 3.16. The highest BCUT2D eigenvalue weighted by Gasteiger charge is 2.56. The van der Waals surface area contributed by atoms with Gasteiger partial charge in [-0.2, -0.15) is 0 Å². The number of ketones is 1. The van der Waals surface area contributed by atoms with Crippen molar-refractivity contribution >= 4 is 39.3 Å². The zero-order valence-corrected chi connectivity index (χ0v) is 13.5. The van der Waals surface area contributed by atoms with Crippen LogP contribution in [0.25, 0.3) is 0 Å². The third-order valence-corrected chi connectivity index (χ3v) is 4.77. The summed E-state index contributed by atoms with van der Waals surface area (Å²) in [5.41, 5.74) is 0.129. The molecule has 22 heavy (non-hydrogen) atoms. The number of hydrogen-bond acceptors (Lipinski definition) is 4. The van der Waals surface area contributed by atoms with E-state index in [1.54, 1.807) is 19.1 Å². The minimum Gasteiger partial charge on any atom is -0.466 e. The second-order valence-electron chi connectivity index (χ2n) is 5.29. The molecule has 1 unspecified atom stereocenters. The molecule has 1 aromatic carbocycles. The molecule has 2 aliphatic rings. The lowest BCUT2D eigenvalue weighted by molar-refractivity contribution is -0.153. The van der Waals surface area contributed by atoms with E-state index in [1.807, 2.05) is 6.07 Å². The zero-order valence-electron chi connectivity index (χ0n) is 11.9. The van der Waals surface area contributed by atoms with E-state index in [0.29, 0.717) is 11.3 Å². The minimum atomic E-state index is -1.20. The van der Waals surface area contributed by atoms with Crippen LogP contribution in [0.5, 0.6) is 0 Å². The molecule has 6 heteroatoms. The molecule has 1 N–H and O–H groups in total. The largest absolute Gasteiger partial charge is 0.466 e. The summed E-state index contributed by atoms with van der Waals surface area (Å²) in [7, 11) is 0. The number of allylic oxidation sites excluding steroid dienone is 1. The predicted molar refractivity (Wildman–Crippen MR) is 83.3 cm³/mol. The summed E-state index contributed by atoms with van der Waals surface area (Å²) in [6.07, 6.45) is 2.87. The summed E-state index contributed by atoms with van der Waals surface area (Å²) in [6.45, 7) is 1.90. The van der Waals surface area contributed by atoms with Gasteiger partial charge in [0.05, 0.1) is 12.5 Å². The lowest BCUT2D eigenvalue weighted by atomic mass is 9.66. The smallest absolute Gasteiger partial charge is 0.311 e. The van der Waals surface area contributed by atoms with E-state index in [4.69, 9.17) is 4.74 Å². The number of esters is 1. The molecule has 0 radical (unpaired) electrons. The van der Waals surface area contributed by atoms with Crippen molar-refractivity contribution in [2.24, 2.45) is 5.92 Å². The van der Waals surface area contributed by atoms with Gasteiger partial charge in [0, 0.05) is 22.1 Å². The summed E-state index contributed by atoms with van der Waals surface area (Å²) in [6, 6.07) is 5.39. The Morgan fingerprint density at radius 1 is 1.45 bits per heavy atom. The van der Waals surface area contributed by atoms with Gasteiger partial charge in [-0.05, 0) is 25.1 Å². The Morgan fingerprint density at radius 3 is 2.95 bits per heavy atom. The van der Waals surface area contributed by atoms with Crippen LogP contribution >= 0.6 is 15.9 Å². The second kappa shape index (κ2) is 5.35. The highest BCUT2D eigenvalue weighted by atomic mass is 79.9. The number of carbonyl (C=O) groups excluding carboxylic acids is 3. The molecular weight excluding hydrogens is 350 g/mol. The monoisotopic (exact) mass is 363 g/mol. The summed E-state index contributed by atoms with van der Waals surface area (Å²) >= 11 is 3.45. The minimum absolute atomic E-state index is 0.0382. The number of benzene rings is 1. The maximum absolute atomic E-state index is 12.7. The van der Waals surface area contributed by atoms with E-state index in [0.717, 1.165) is 4.47 Å². The third kappa shape index (κ3) is 2.01. The number of halogens is 1. The molecule has 0 saturated carbocycles. The number of nitrogens with one attached hydrogen (secondary N) is 1. The molecule has 114 valence electrons. The van der Waals surface area contributed by atoms with Crippen molar-refractivity contribution in [3.8, 4) is 0 Å². The van der Waals surface area contributed by atoms with Crippen LogP contribution in [0.4, 0.5) is 5.69 Å². The van der Waals surface area contributed by atoms with E-state index in [9.17, 15) is 14.4 Å². The van der Waals surface area contributed by atoms with Gasteiger partial charge in [-0.15, -0.1) is 0 Å². The van der Waals surface area contributed by atoms with Gasteiger partial charge in [-0.3, -0.25) is 14.4 Å². The first-order chi connectivity index (χ1) is 10.5. The number of hydrogen-bond donors (Lipinski definition) is 1. The Hall–Kier alpha value is -1.95. The first-order valence-corrected chi connectivity index (χ1v) is 7.79. The molecule has 0 bridgehead atoms. The zero-order chi connectivity index (χ0) is 15.9. The average molecular weight is 364 g/mol. The van der Waals surface area contributed by atoms with Crippen LogP contribution in [-0.2, 0) is 24.5 Å². The fraction of sp³-hybridized carbons (Fsp3) is 0.312. The quantitative estimate of drug-likeness (QED) is 0.818. The van der Waals surface area contributed by atoms with Gasteiger partial charge < -0.3 is 10.1 Å². The lowest BCUT2D eigenvalue weighted by Gasteiger charge is -2.34. The topological polar surface area (TPSA) is 72.5 Å². The molecule has 5 nitrogen and oxygen atoms in total. The van der Waals surface area contributed by atoms with Crippen molar-refractivity contribution < 1.29 is 19.1 Å². The number of amides is 1. The van der Waals surface area contributed by atoms with Crippen LogP contribution in [0.3, 0.4) is 0 Å². The molecular formula is C16H14BrNO4. The Morgan fingerprint density at radius 2 is 2.23 bits per heavy atom. The van der Waals surface area contributed by atoms with Crippen molar-refractivity contribution in [3.63, 3.8) is 0 Å². The van der Waals surface area contributed by atoms with Crippen LogP contribution in [0.2, 0.25) is 0 Å². The average Bonchev–Trinajstić information content (AvgIpc) is 2.76. The maximum atomic E-state index is 12.7. The predicted octanol–water partition coefficient (Wildman–Crippen LogP) is 2.35. The molecule has 3 rings (SSSR count). The van der Waals surface area contributed by atoms with Gasteiger partial charge in [0.1, 0.15) is 5.41 Å². The van der Waals surface area contributed by atoms with Crippen LogP contribution in [0.15, 0.2) is 34.8 Å². The van der Waals surface area contributed by atoms with Crippen molar-refractivity contribution in [2.75, 3.05) is 11.9 Å². The highest BCUT2D eigenvalue weighted by Crippen LogP contribution is 2.50. The van der Waals surface area contributed by atoms with Gasteiger partial charge in [-0.25, -0.2) is 0 Å². The molecule has 1 spiro atoms. The van der Waals surface area contributed by atoms with Crippen molar-refractivity contribution in [1.29, 1.82) is 0 Å². The SMILES string of the molecule is CCOC(=O)C1CC(=O)C=C[C@]12C(=O)Nc1cccc(Br)c12. The van der Waals surface area contributed by atoms with Gasteiger partial charge in [-0.1, -0.05) is 28.1 Å². The third-order valence-electron chi connectivity index (χ3n) is 4.11. The lowest BCUT2D eigenvalue weighted by Crippen LogP contribution is -2.47. The van der Waals surface area contributed by atoms with Crippen molar-refractivity contribution in [1.82, 2.24) is 0 Å². The second-order valence-corrected chi connectivity index (χ2v) is 6.15. The van der Waals surface area contributed by atoms with Gasteiger partial charge >= 0.3 is 5.97 Å². The molecule has 1 aromatic rings. The summed E-state index contributed by atoms with van der Waals surface area (Å²) in [5.74, 6) is -1.88. The first-order valence-electron chi connectivity index (χ1n) is 7.00. The van der Waals surface area contributed by atoms with Gasteiger partial charge in [0.15, 0.2) is 5.78 Å². The van der Waals surface area contributed by atoms with Crippen LogP contribution in [0, 0.1) is 5.92 Å². The number of anilines is 1. The highest BCUT2D eigenvalue weighted by molar-refractivity contribution is 9.10. The first kappa shape index (κ1) is 15.0. The van der Waals surface area contributed by atoms with Crippen LogP contribution in [-0.4, -0.2) is 24.3 Å². The molecule has 1 heterocycles. The van der Waals surface area contributed by atoms with E-state index in [2.05, 4.69) is 21.2 Å².